The van der Waals surface area contributed by atoms with E-state index in [0.29, 0.717) is 0 Å². The minimum absolute atomic E-state index is 0.276. The molecule has 0 aliphatic carbocycles. The Balaban J connectivity index is 3.17. The Morgan fingerprint density at radius 3 is 2.44 bits per heavy atom. The Morgan fingerprint density at radius 2 is 1.94 bits per heavy atom. The molecule has 0 saturated heterocycles. The zero-order valence-corrected chi connectivity index (χ0v) is 10.8. The Labute approximate surface area is 98.2 Å². The lowest BCUT2D eigenvalue weighted by molar-refractivity contribution is 0.397. The number of aryl methyl sites for hydroxylation is 2. The summed E-state index contributed by atoms with van der Waals surface area (Å²) in [7, 11) is 5.66. The van der Waals surface area contributed by atoms with Gasteiger partial charge in [0.2, 0.25) is 0 Å². The number of nitrogens with one attached hydrogen (secondary N) is 2. The molecule has 1 aromatic carbocycles. The van der Waals surface area contributed by atoms with Gasteiger partial charge in [0.05, 0.1) is 7.11 Å². The van der Waals surface area contributed by atoms with E-state index in [1.807, 2.05) is 14.1 Å². The van der Waals surface area contributed by atoms with Gasteiger partial charge in [-0.05, 0) is 33.5 Å². The van der Waals surface area contributed by atoms with Crippen molar-refractivity contribution in [1.82, 2.24) is 10.6 Å². The molecule has 3 nitrogen and oxygen atoms in total. The molecule has 1 aromatic rings. The van der Waals surface area contributed by atoms with Crippen molar-refractivity contribution in [3.8, 4) is 5.75 Å². The summed E-state index contributed by atoms with van der Waals surface area (Å²) in [6, 6.07) is 4.61. The fourth-order valence-electron chi connectivity index (χ4n) is 2.10. The van der Waals surface area contributed by atoms with E-state index in [4.69, 9.17) is 4.74 Å². The zero-order valence-electron chi connectivity index (χ0n) is 10.8. The molecule has 0 aliphatic rings. The monoisotopic (exact) mass is 222 g/mol. The average Bonchev–Trinajstić information content (AvgIpc) is 2.25. The molecule has 0 radical (unpaired) electrons. The van der Waals surface area contributed by atoms with Crippen LogP contribution in [-0.4, -0.2) is 27.7 Å². The maximum Gasteiger partial charge on any atom is 0.126 e. The molecule has 0 aromatic heterocycles. The van der Waals surface area contributed by atoms with E-state index in [1.165, 1.54) is 16.7 Å². The average molecular weight is 222 g/mol. The maximum atomic E-state index is 5.49. The van der Waals surface area contributed by atoms with Crippen LogP contribution in [0.5, 0.6) is 5.75 Å². The number of likely N-dealkylation sites (N-methyl/N-ethyl adjacent to an activating group) is 2. The lowest BCUT2D eigenvalue weighted by atomic mass is 9.99. The molecule has 1 rings (SSSR count). The topological polar surface area (TPSA) is 33.3 Å². The van der Waals surface area contributed by atoms with Crippen LogP contribution in [0.25, 0.3) is 0 Å². The van der Waals surface area contributed by atoms with Crippen molar-refractivity contribution in [3.05, 3.63) is 28.8 Å². The molecule has 0 fully saturated rings. The minimum atomic E-state index is 0.276. The predicted molar refractivity (Wildman–Crippen MR) is 68.2 cm³/mol. The number of ether oxygens (including phenoxy) is 1. The van der Waals surface area contributed by atoms with Crippen LogP contribution in [0.4, 0.5) is 0 Å². The smallest absolute Gasteiger partial charge is 0.126 e. The van der Waals surface area contributed by atoms with Crippen molar-refractivity contribution in [2.45, 2.75) is 19.9 Å². The first-order valence-corrected chi connectivity index (χ1v) is 5.61. The van der Waals surface area contributed by atoms with Crippen molar-refractivity contribution in [2.24, 2.45) is 0 Å². The maximum absolute atomic E-state index is 5.49. The zero-order chi connectivity index (χ0) is 12.1. The van der Waals surface area contributed by atoms with Crippen LogP contribution in [0.2, 0.25) is 0 Å². The van der Waals surface area contributed by atoms with Gasteiger partial charge in [0.1, 0.15) is 5.75 Å². The van der Waals surface area contributed by atoms with Gasteiger partial charge in [0.15, 0.2) is 0 Å². The Kier molecular flexibility index (Phi) is 4.77. The van der Waals surface area contributed by atoms with E-state index in [0.717, 1.165) is 12.3 Å². The number of rotatable bonds is 5. The van der Waals surface area contributed by atoms with E-state index in [1.54, 1.807) is 7.11 Å². The molecule has 3 heteroatoms. The van der Waals surface area contributed by atoms with Gasteiger partial charge >= 0.3 is 0 Å². The molecule has 0 heterocycles. The van der Waals surface area contributed by atoms with Gasteiger partial charge < -0.3 is 15.4 Å². The first kappa shape index (κ1) is 13.0. The highest BCUT2D eigenvalue weighted by Crippen LogP contribution is 2.29. The summed E-state index contributed by atoms with van der Waals surface area (Å²) < 4.78 is 5.49. The summed E-state index contributed by atoms with van der Waals surface area (Å²) in [6.45, 7) is 5.08. The highest BCUT2D eigenvalue weighted by molar-refractivity contribution is 5.45. The van der Waals surface area contributed by atoms with Gasteiger partial charge in [-0.15, -0.1) is 0 Å². The van der Waals surface area contributed by atoms with Gasteiger partial charge in [-0.2, -0.15) is 0 Å². The molecule has 0 spiro atoms. The first-order valence-electron chi connectivity index (χ1n) is 5.61. The van der Waals surface area contributed by atoms with Gasteiger partial charge in [0.25, 0.3) is 0 Å². The van der Waals surface area contributed by atoms with Crippen molar-refractivity contribution < 1.29 is 4.74 Å². The molecule has 90 valence electrons. The number of benzene rings is 1. The van der Waals surface area contributed by atoms with E-state index in [9.17, 15) is 0 Å². The van der Waals surface area contributed by atoms with Gasteiger partial charge in [-0.25, -0.2) is 0 Å². The van der Waals surface area contributed by atoms with Gasteiger partial charge in [-0.3, -0.25) is 0 Å². The van der Waals surface area contributed by atoms with Crippen molar-refractivity contribution in [1.29, 1.82) is 0 Å². The molecule has 2 N–H and O–H groups in total. The standard InChI is InChI=1S/C13H22N2O/c1-9-6-10(2)13(16-5)11(7-9)12(15-4)8-14-3/h6-7,12,14-15H,8H2,1-5H3. The third-order valence-corrected chi connectivity index (χ3v) is 2.78. The third kappa shape index (κ3) is 2.74. The summed E-state index contributed by atoms with van der Waals surface area (Å²) in [6.07, 6.45) is 0. The van der Waals surface area contributed by atoms with Crippen LogP contribution >= 0.6 is 0 Å². The summed E-state index contributed by atoms with van der Waals surface area (Å²) in [5, 5.41) is 6.50. The predicted octanol–water partition coefficient (Wildman–Crippen LogP) is 1.79. The Hall–Kier alpha value is -1.06. The second-order valence-corrected chi connectivity index (χ2v) is 4.10. The normalized spacial score (nSPS) is 12.6. The third-order valence-electron chi connectivity index (χ3n) is 2.78. The van der Waals surface area contributed by atoms with Crippen LogP contribution in [0.3, 0.4) is 0 Å². The fourth-order valence-corrected chi connectivity index (χ4v) is 2.10. The Bertz CT molecular complexity index is 350. The molecular formula is C13H22N2O. The molecule has 0 aliphatic heterocycles. The molecule has 16 heavy (non-hydrogen) atoms. The molecule has 1 atom stereocenters. The number of hydrogen-bond acceptors (Lipinski definition) is 3. The summed E-state index contributed by atoms with van der Waals surface area (Å²) in [5.74, 6) is 0.986. The van der Waals surface area contributed by atoms with Crippen LogP contribution in [0.15, 0.2) is 12.1 Å². The lowest BCUT2D eigenvalue weighted by Gasteiger charge is -2.21. The van der Waals surface area contributed by atoms with E-state index in [2.05, 4.69) is 36.6 Å². The van der Waals surface area contributed by atoms with Crippen LogP contribution in [-0.2, 0) is 0 Å². The van der Waals surface area contributed by atoms with Crippen LogP contribution in [0, 0.1) is 13.8 Å². The summed E-state index contributed by atoms with van der Waals surface area (Å²) in [5.41, 5.74) is 3.68. The van der Waals surface area contributed by atoms with Crippen LogP contribution < -0.4 is 15.4 Å². The lowest BCUT2D eigenvalue weighted by Crippen LogP contribution is -2.27. The van der Waals surface area contributed by atoms with E-state index in [-0.39, 0.29) is 6.04 Å². The fraction of sp³-hybridized carbons (Fsp3) is 0.538. The van der Waals surface area contributed by atoms with Crippen molar-refractivity contribution in [3.63, 3.8) is 0 Å². The molecule has 0 saturated carbocycles. The molecule has 0 bridgehead atoms. The number of methoxy groups -OCH3 is 1. The van der Waals surface area contributed by atoms with E-state index >= 15 is 0 Å². The molecule has 0 amide bonds. The SMILES string of the molecule is CNCC(NC)c1cc(C)cc(C)c1OC. The largest absolute Gasteiger partial charge is 0.496 e. The van der Waals surface area contributed by atoms with Crippen molar-refractivity contribution in [2.75, 3.05) is 27.7 Å². The second kappa shape index (κ2) is 5.87. The first-order chi connectivity index (χ1) is 7.63. The van der Waals surface area contributed by atoms with Gasteiger partial charge in [0, 0.05) is 18.2 Å². The second-order valence-electron chi connectivity index (χ2n) is 4.10. The van der Waals surface area contributed by atoms with Crippen LogP contribution in [0.1, 0.15) is 22.7 Å². The Morgan fingerprint density at radius 1 is 1.25 bits per heavy atom. The highest BCUT2D eigenvalue weighted by Gasteiger charge is 2.15. The van der Waals surface area contributed by atoms with Gasteiger partial charge in [-0.1, -0.05) is 17.7 Å². The number of hydrogen-bond donors (Lipinski definition) is 2. The minimum Gasteiger partial charge on any atom is -0.496 e. The highest BCUT2D eigenvalue weighted by atomic mass is 16.5. The summed E-state index contributed by atoms with van der Waals surface area (Å²) >= 11 is 0. The summed E-state index contributed by atoms with van der Waals surface area (Å²) in [4.78, 5) is 0. The molecular weight excluding hydrogens is 200 g/mol. The van der Waals surface area contributed by atoms with E-state index < -0.39 is 0 Å². The van der Waals surface area contributed by atoms with Crippen molar-refractivity contribution >= 4 is 0 Å². The molecule has 1 unspecified atom stereocenters. The quantitative estimate of drug-likeness (QED) is 0.797.